The van der Waals surface area contributed by atoms with Gasteiger partial charge in [0.2, 0.25) is 5.91 Å². The number of carbonyl (C=O) groups excluding carboxylic acids is 1. The Morgan fingerprint density at radius 2 is 1.92 bits per heavy atom. The topological polar surface area (TPSA) is 86.6 Å². The Morgan fingerprint density at radius 3 is 2.60 bits per heavy atom. The molecule has 2 saturated heterocycles. The summed E-state index contributed by atoms with van der Waals surface area (Å²) < 4.78 is 0. The molecular weight excluding hydrogens is 320 g/mol. The van der Waals surface area contributed by atoms with Crippen molar-refractivity contribution in [3.8, 4) is 0 Å². The summed E-state index contributed by atoms with van der Waals surface area (Å²) in [5.41, 5.74) is 0. The van der Waals surface area contributed by atoms with Crippen molar-refractivity contribution < 1.29 is 14.7 Å². The lowest BCUT2D eigenvalue weighted by molar-refractivity contribution is -0.142. The number of aromatic nitrogens is 2. The molecule has 0 unspecified atom stereocenters. The maximum absolute atomic E-state index is 13.0. The molecule has 2 fully saturated rings. The van der Waals surface area contributed by atoms with E-state index < -0.39 is 5.97 Å². The maximum atomic E-state index is 13.0. The zero-order chi connectivity index (χ0) is 17.6. The SMILES string of the molecule is O=C(O)CC[C@@H]1CCCCN1C(=O)C1CCN(c2cnccn2)CC1. The molecule has 7 nitrogen and oxygen atoms in total. The third kappa shape index (κ3) is 4.46. The number of carboxylic acids is 1. The highest BCUT2D eigenvalue weighted by atomic mass is 16.4. The molecule has 3 rings (SSSR count). The molecule has 25 heavy (non-hydrogen) atoms. The van der Waals surface area contributed by atoms with Crippen LogP contribution in [0.3, 0.4) is 0 Å². The number of aliphatic carboxylic acids is 1. The van der Waals surface area contributed by atoms with Crippen LogP contribution >= 0.6 is 0 Å². The summed E-state index contributed by atoms with van der Waals surface area (Å²) in [5, 5.41) is 8.94. The van der Waals surface area contributed by atoms with Crippen LogP contribution in [0.2, 0.25) is 0 Å². The van der Waals surface area contributed by atoms with Crippen LogP contribution in [0.4, 0.5) is 5.82 Å². The molecule has 0 radical (unpaired) electrons. The lowest BCUT2D eigenvalue weighted by Crippen LogP contribution is -2.49. The molecule has 136 valence electrons. The van der Waals surface area contributed by atoms with Gasteiger partial charge in [0.25, 0.3) is 0 Å². The van der Waals surface area contributed by atoms with Crippen molar-refractivity contribution in [1.82, 2.24) is 14.9 Å². The normalized spacial score (nSPS) is 22.0. The van der Waals surface area contributed by atoms with Gasteiger partial charge in [0.05, 0.1) is 6.20 Å². The second-order valence-corrected chi connectivity index (χ2v) is 6.94. The number of amides is 1. The third-order valence-electron chi connectivity index (χ3n) is 5.32. The Kier molecular flexibility index (Phi) is 5.83. The Hall–Kier alpha value is -2.18. The Labute approximate surface area is 148 Å². The highest BCUT2D eigenvalue weighted by Crippen LogP contribution is 2.27. The van der Waals surface area contributed by atoms with Gasteiger partial charge in [0.15, 0.2) is 0 Å². The average molecular weight is 346 g/mol. The fourth-order valence-electron chi connectivity index (χ4n) is 3.93. The van der Waals surface area contributed by atoms with Gasteiger partial charge < -0.3 is 14.9 Å². The first-order valence-electron chi connectivity index (χ1n) is 9.18. The molecule has 1 N–H and O–H groups in total. The number of nitrogens with zero attached hydrogens (tertiary/aromatic N) is 4. The molecular formula is C18H26N4O3. The predicted molar refractivity (Wildman–Crippen MR) is 93.2 cm³/mol. The summed E-state index contributed by atoms with van der Waals surface area (Å²) in [7, 11) is 0. The molecule has 1 aromatic rings. The number of carboxylic acid groups (broad SMARTS) is 1. The van der Waals surface area contributed by atoms with Crippen LogP contribution in [0, 0.1) is 5.92 Å². The number of piperidine rings is 2. The summed E-state index contributed by atoms with van der Waals surface area (Å²) in [5.74, 6) is 0.341. The van der Waals surface area contributed by atoms with E-state index in [1.165, 1.54) is 0 Å². The largest absolute Gasteiger partial charge is 0.481 e. The van der Waals surface area contributed by atoms with Crippen LogP contribution in [-0.2, 0) is 9.59 Å². The zero-order valence-corrected chi connectivity index (χ0v) is 14.5. The number of likely N-dealkylation sites (tertiary alicyclic amines) is 1. The van der Waals surface area contributed by atoms with Crippen molar-refractivity contribution in [2.45, 2.75) is 51.0 Å². The van der Waals surface area contributed by atoms with E-state index in [-0.39, 0.29) is 24.3 Å². The van der Waals surface area contributed by atoms with Crippen molar-refractivity contribution in [3.63, 3.8) is 0 Å². The Balaban J connectivity index is 1.56. The summed E-state index contributed by atoms with van der Waals surface area (Å²) in [6.07, 6.45) is 10.5. The second-order valence-electron chi connectivity index (χ2n) is 6.94. The minimum atomic E-state index is -0.782. The highest BCUT2D eigenvalue weighted by molar-refractivity contribution is 5.79. The molecule has 2 aliphatic heterocycles. The molecule has 7 heteroatoms. The number of hydrogen-bond acceptors (Lipinski definition) is 5. The lowest BCUT2D eigenvalue weighted by atomic mass is 9.91. The van der Waals surface area contributed by atoms with E-state index in [1.54, 1.807) is 18.6 Å². The van der Waals surface area contributed by atoms with Gasteiger partial charge in [-0.2, -0.15) is 0 Å². The minimum absolute atomic E-state index is 0.0401. The molecule has 1 atom stereocenters. The van der Waals surface area contributed by atoms with Gasteiger partial charge >= 0.3 is 5.97 Å². The number of carbonyl (C=O) groups is 2. The van der Waals surface area contributed by atoms with Crippen molar-refractivity contribution in [1.29, 1.82) is 0 Å². The van der Waals surface area contributed by atoms with E-state index in [9.17, 15) is 9.59 Å². The van der Waals surface area contributed by atoms with Gasteiger partial charge in [0.1, 0.15) is 5.82 Å². The number of rotatable bonds is 5. The van der Waals surface area contributed by atoms with E-state index in [2.05, 4.69) is 14.9 Å². The quantitative estimate of drug-likeness (QED) is 0.877. The molecule has 1 aromatic heterocycles. The fraction of sp³-hybridized carbons (Fsp3) is 0.667. The minimum Gasteiger partial charge on any atom is -0.481 e. The Bertz CT molecular complexity index is 587. The van der Waals surface area contributed by atoms with Crippen molar-refractivity contribution in [2.24, 2.45) is 5.92 Å². The zero-order valence-electron chi connectivity index (χ0n) is 14.5. The lowest BCUT2D eigenvalue weighted by Gasteiger charge is -2.40. The van der Waals surface area contributed by atoms with Gasteiger partial charge in [0, 0.05) is 50.4 Å². The van der Waals surface area contributed by atoms with E-state index in [4.69, 9.17) is 5.11 Å². The fourth-order valence-corrected chi connectivity index (χ4v) is 3.93. The first kappa shape index (κ1) is 17.6. The van der Waals surface area contributed by atoms with E-state index in [1.807, 2.05) is 4.90 Å². The molecule has 0 aliphatic carbocycles. The molecule has 3 heterocycles. The number of hydrogen-bond donors (Lipinski definition) is 1. The summed E-state index contributed by atoms with van der Waals surface area (Å²) >= 11 is 0. The summed E-state index contributed by atoms with van der Waals surface area (Å²) in [6.45, 7) is 2.39. The maximum Gasteiger partial charge on any atom is 0.303 e. The standard InChI is InChI=1S/C18H26N4O3/c23-17(24)5-4-15-3-1-2-10-22(15)18(25)14-6-11-21(12-7-14)16-13-19-8-9-20-16/h8-9,13-15H,1-7,10-12H2,(H,23,24)/t15-/m0/s1. The van der Waals surface area contributed by atoms with E-state index in [0.29, 0.717) is 6.42 Å². The number of anilines is 1. The molecule has 0 bridgehead atoms. The van der Waals surface area contributed by atoms with E-state index in [0.717, 1.165) is 57.6 Å². The molecule has 0 spiro atoms. The van der Waals surface area contributed by atoms with Crippen LogP contribution in [0.5, 0.6) is 0 Å². The summed E-state index contributed by atoms with van der Waals surface area (Å²) in [6, 6.07) is 0.0929. The van der Waals surface area contributed by atoms with Crippen molar-refractivity contribution in [3.05, 3.63) is 18.6 Å². The third-order valence-corrected chi connectivity index (χ3v) is 5.32. The van der Waals surface area contributed by atoms with Gasteiger partial charge in [-0.3, -0.25) is 14.6 Å². The molecule has 1 amide bonds. The highest BCUT2D eigenvalue weighted by Gasteiger charge is 2.33. The first-order chi connectivity index (χ1) is 12.1. The summed E-state index contributed by atoms with van der Waals surface area (Å²) in [4.78, 5) is 36.4. The van der Waals surface area contributed by atoms with Crippen LogP contribution < -0.4 is 4.90 Å². The van der Waals surface area contributed by atoms with E-state index >= 15 is 0 Å². The van der Waals surface area contributed by atoms with Crippen molar-refractivity contribution in [2.75, 3.05) is 24.5 Å². The van der Waals surface area contributed by atoms with Gasteiger partial charge in [-0.25, -0.2) is 4.98 Å². The molecule has 0 aromatic carbocycles. The monoisotopic (exact) mass is 346 g/mol. The second kappa shape index (κ2) is 8.27. The molecule has 2 aliphatic rings. The van der Waals surface area contributed by atoms with Crippen LogP contribution in [0.25, 0.3) is 0 Å². The predicted octanol–water partition coefficient (Wildman–Crippen LogP) is 1.94. The average Bonchev–Trinajstić information content (AvgIpc) is 2.67. The molecule has 0 saturated carbocycles. The van der Waals surface area contributed by atoms with Gasteiger partial charge in [-0.15, -0.1) is 0 Å². The van der Waals surface area contributed by atoms with Gasteiger partial charge in [-0.05, 0) is 38.5 Å². The van der Waals surface area contributed by atoms with Crippen LogP contribution in [-0.4, -0.2) is 57.5 Å². The van der Waals surface area contributed by atoms with Gasteiger partial charge in [-0.1, -0.05) is 0 Å². The Morgan fingerprint density at radius 1 is 1.12 bits per heavy atom. The smallest absolute Gasteiger partial charge is 0.303 e. The van der Waals surface area contributed by atoms with Crippen LogP contribution in [0.1, 0.15) is 44.9 Å². The van der Waals surface area contributed by atoms with Crippen molar-refractivity contribution >= 4 is 17.7 Å². The van der Waals surface area contributed by atoms with Crippen LogP contribution in [0.15, 0.2) is 18.6 Å². The first-order valence-corrected chi connectivity index (χ1v) is 9.18.